The molecule has 0 fully saturated rings. The minimum absolute atomic E-state index is 0.106. The summed E-state index contributed by atoms with van der Waals surface area (Å²) in [5.74, 6) is 0.158. The van der Waals surface area contributed by atoms with Crippen molar-refractivity contribution in [1.29, 1.82) is 0 Å². The Morgan fingerprint density at radius 3 is 2.52 bits per heavy atom. The highest BCUT2D eigenvalue weighted by molar-refractivity contribution is 7.87. The molecule has 8 heteroatoms. The maximum atomic E-state index is 12.5. The number of rotatable bonds is 6. The molecule has 0 radical (unpaired) electrons. The number of hydrogen-bond donors (Lipinski definition) is 1. The smallest absolute Gasteiger partial charge is 0.339 e. The summed E-state index contributed by atoms with van der Waals surface area (Å²) in [4.78, 5) is 11.2. The predicted octanol–water partition coefficient (Wildman–Crippen LogP) is 3.64. The molecule has 0 heterocycles. The summed E-state index contributed by atoms with van der Waals surface area (Å²) in [5.41, 5.74) is 1.02. The van der Waals surface area contributed by atoms with E-state index in [0.717, 1.165) is 5.56 Å². The standard InChI is InChI=1S/C17H18ClNO5S/c1-4-12-9-13(5-7-15(12)18)24-25(21,22)14-6-8-17(23-3)16(10-14)19-11(2)20/h5-10H,4H2,1-3H3,(H,19,20). The number of benzene rings is 2. The molecule has 0 saturated carbocycles. The molecular formula is C17H18ClNO5S. The lowest BCUT2D eigenvalue weighted by Gasteiger charge is -2.12. The van der Waals surface area contributed by atoms with Crippen LogP contribution in [0.25, 0.3) is 0 Å². The topological polar surface area (TPSA) is 81.7 Å². The van der Waals surface area contributed by atoms with Crippen molar-refractivity contribution in [2.24, 2.45) is 0 Å². The highest BCUT2D eigenvalue weighted by Crippen LogP contribution is 2.30. The van der Waals surface area contributed by atoms with E-state index in [-0.39, 0.29) is 22.2 Å². The molecule has 2 rings (SSSR count). The third kappa shape index (κ3) is 4.64. The van der Waals surface area contributed by atoms with Crippen LogP contribution in [0.4, 0.5) is 5.69 Å². The number of ether oxygens (including phenoxy) is 1. The monoisotopic (exact) mass is 383 g/mol. The van der Waals surface area contributed by atoms with E-state index < -0.39 is 10.1 Å². The first kappa shape index (κ1) is 19.1. The summed E-state index contributed by atoms with van der Waals surface area (Å²) in [5, 5.41) is 3.07. The van der Waals surface area contributed by atoms with Gasteiger partial charge in [-0.05, 0) is 48.4 Å². The number of anilines is 1. The number of halogens is 1. The van der Waals surface area contributed by atoms with E-state index in [9.17, 15) is 13.2 Å². The van der Waals surface area contributed by atoms with Gasteiger partial charge in [0.05, 0.1) is 12.8 Å². The third-order valence-corrected chi connectivity index (χ3v) is 4.99. The van der Waals surface area contributed by atoms with Crippen LogP contribution in [0.5, 0.6) is 11.5 Å². The van der Waals surface area contributed by atoms with E-state index in [1.165, 1.54) is 38.3 Å². The van der Waals surface area contributed by atoms with Crippen LogP contribution < -0.4 is 14.2 Å². The van der Waals surface area contributed by atoms with Gasteiger partial charge in [0.25, 0.3) is 0 Å². The van der Waals surface area contributed by atoms with Crippen molar-refractivity contribution in [2.45, 2.75) is 25.2 Å². The zero-order valence-corrected chi connectivity index (χ0v) is 15.6. The zero-order valence-electron chi connectivity index (χ0n) is 14.0. The zero-order chi connectivity index (χ0) is 18.6. The van der Waals surface area contributed by atoms with Gasteiger partial charge >= 0.3 is 10.1 Å². The minimum Gasteiger partial charge on any atom is -0.495 e. The summed E-state index contributed by atoms with van der Waals surface area (Å²) in [7, 11) is -2.66. The van der Waals surface area contributed by atoms with Gasteiger partial charge in [-0.2, -0.15) is 8.42 Å². The van der Waals surface area contributed by atoms with Crippen molar-refractivity contribution >= 4 is 33.3 Å². The number of methoxy groups -OCH3 is 1. The molecule has 0 aliphatic carbocycles. The first-order valence-corrected chi connectivity index (χ1v) is 9.24. The van der Waals surface area contributed by atoms with Gasteiger partial charge in [0, 0.05) is 11.9 Å². The molecule has 0 aliphatic rings. The van der Waals surface area contributed by atoms with E-state index in [0.29, 0.717) is 17.2 Å². The van der Waals surface area contributed by atoms with E-state index in [4.69, 9.17) is 20.5 Å². The molecular weight excluding hydrogens is 366 g/mol. The Bertz CT molecular complexity index is 896. The van der Waals surface area contributed by atoms with Crippen LogP contribution in [0.3, 0.4) is 0 Å². The lowest BCUT2D eigenvalue weighted by atomic mass is 10.2. The van der Waals surface area contributed by atoms with E-state index >= 15 is 0 Å². The maximum Gasteiger partial charge on any atom is 0.339 e. The average molecular weight is 384 g/mol. The molecule has 6 nitrogen and oxygen atoms in total. The predicted molar refractivity (Wildman–Crippen MR) is 95.9 cm³/mol. The van der Waals surface area contributed by atoms with Crippen LogP contribution in [0.15, 0.2) is 41.3 Å². The number of aryl methyl sites for hydroxylation is 1. The minimum atomic E-state index is -4.08. The van der Waals surface area contributed by atoms with Crippen molar-refractivity contribution in [3.05, 3.63) is 47.0 Å². The molecule has 0 spiro atoms. The van der Waals surface area contributed by atoms with Gasteiger partial charge in [0.15, 0.2) is 0 Å². The van der Waals surface area contributed by atoms with Crippen molar-refractivity contribution in [3.63, 3.8) is 0 Å². The van der Waals surface area contributed by atoms with Crippen LogP contribution in [0.1, 0.15) is 19.4 Å². The van der Waals surface area contributed by atoms with Gasteiger partial charge in [0.1, 0.15) is 16.4 Å². The van der Waals surface area contributed by atoms with E-state index in [1.807, 2.05) is 6.92 Å². The van der Waals surface area contributed by atoms with Crippen molar-refractivity contribution in [2.75, 3.05) is 12.4 Å². The summed E-state index contributed by atoms with van der Waals surface area (Å²) < 4.78 is 35.3. The second-order valence-corrected chi connectivity index (χ2v) is 7.14. The van der Waals surface area contributed by atoms with Gasteiger partial charge in [-0.15, -0.1) is 0 Å². The Labute approximate surface area is 151 Å². The molecule has 0 aromatic heterocycles. The Hall–Kier alpha value is -2.25. The summed E-state index contributed by atoms with van der Waals surface area (Å²) in [6.07, 6.45) is 0.644. The van der Waals surface area contributed by atoms with Crippen LogP contribution in [0.2, 0.25) is 5.02 Å². The van der Waals surface area contributed by atoms with Gasteiger partial charge < -0.3 is 14.2 Å². The highest BCUT2D eigenvalue weighted by Gasteiger charge is 2.20. The molecule has 25 heavy (non-hydrogen) atoms. The van der Waals surface area contributed by atoms with E-state index in [1.54, 1.807) is 12.1 Å². The lowest BCUT2D eigenvalue weighted by Crippen LogP contribution is -2.12. The summed E-state index contributed by atoms with van der Waals surface area (Å²) in [6.45, 7) is 3.22. The fraction of sp³-hybridized carbons (Fsp3) is 0.235. The number of nitrogens with one attached hydrogen (secondary N) is 1. The van der Waals surface area contributed by atoms with Crippen molar-refractivity contribution in [3.8, 4) is 11.5 Å². The highest BCUT2D eigenvalue weighted by atomic mass is 35.5. The van der Waals surface area contributed by atoms with Crippen LogP contribution in [0, 0.1) is 0 Å². The second-order valence-electron chi connectivity index (χ2n) is 5.19. The number of carbonyl (C=O) groups excluding carboxylic acids is 1. The van der Waals surface area contributed by atoms with Crippen LogP contribution in [-0.4, -0.2) is 21.4 Å². The summed E-state index contributed by atoms with van der Waals surface area (Å²) in [6, 6.07) is 8.72. The lowest BCUT2D eigenvalue weighted by molar-refractivity contribution is -0.114. The number of carbonyl (C=O) groups is 1. The Morgan fingerprint density at radius 1 is 1.20 bits per heavy atom. The van der Waals surface area contributed by atoms with Crippen LogP contribution in [-0.2, 0) is 21.3 Å². The molecule has 0 bridgehead atoms. The average Bonchev–Trinajstić information content (AvgIpc) is 2.55. The van der Waals surface area contributed by atoms with Crippen molar-refractivity contribution in [1.82, 2.24) is 0 Å². The van der Waals surface area contributed by atoms with Crippen molar-refractivity contribution < 1.29 is 22.1 Å². The normalized spacial score (nSPS) is 11.0. The largest absolute Gasteiger partial charge is 0.495 e. The summed E-state index contributed by atoms with van der Waals surface area (Å²) >= 11 is 6.03. The first-order valence-electron chi connectivity index (χ1n) is 7.45. The first-order chi connectivity index (χ1) is 11.8. The van der Waals surface area contributed by atoms with Gasteiger partial charge in [-0.1, -0.05) is 18.5 Å². The fourth-order valence-electron chi connectivity index (χ4n) is 2.18. The van der Waals surface area contributed by atoms with Gasteiger partial charge in [0.2, 0.25) is 5.91 Å². The van der Waals surface area contributed by atoms with Crippen LogP contribution >= 0.6 is 11.6 Å². The number of amides is 1. The Balaban J connectivity index is 2.37. The molecule has 0 atom stereocenters. The molecule has 0 saturated heterocycles. The van der Waals surface area contributed by atoms with E-state index in [2.05, 4.69) is 5.32 Å². The van der Waals surface area contributed by atoms with Gasteiger partial charge in [-0.3, -0.25) is 4.79 Å². The van der Waals surface area contributed by atoms with Gasteiger partial charge in [-0.25, -0.2) is 0 Å². The molecule has 134 valence electrons. The Kier molecular flexibility index (Phi) is 5.92. The maximum absolute atomic E-state index is 12.5. The Morgan fingerprint density at radius 2 is 1.92 bits per heavy atom. The molecule has 1 N–H and O–H groups in total. The molecule has 0 unspecified atom stereocenters. The third-order valence-electron chi connectivity index (χ3n) is 3.37. The quantitative estimate of drug-likeness (QED) is 0.770. The fourth-order valence-corrected chi connectivity index (χ4v) is 3.38. The SMILES string of the molecule is CCc1cc(OS(=O)(=O)c2ccc(OC)c(NC(C)=O)c2)ccc1Cl. The number of hydrogen-bond acceptors (Lipinski definition) is 5. The molecule has 1 amide bonds. The molecule has 0 aliphatic heterocycles. The molecule has 2 aromatic carbocycles. The second kappa shape index (κ2) is 7.76. The molecule has 2 aromatic rings.